The van der Waals surface area contributed by atoms with Gasteiger partial charge in [0.1, 0.15) is 0 Å². The molecular weight excluding hydrogens is 703 g/mol. The van der Waals surface area contributed by atoms with Crippen molar-refractivity contribution in [2.24, 2.45) is 0 Å². The Hall–Kier alpha value is -6.26. The topological polar surface area (TPSA) is 3.24 Å². The molecule has 55 heavy (non-hydrogen) atoms. The second-order valence-corrected chi connectivity index (χ2v) is 16.5. The standard InChI is InChI=1S/C52H35NS2/c1-2-9-34(10-3-1)35-19-26-40(27-20-35)53(42-30-23-37(24-31-42)43-13-8-14-45-44-11-4-6-15-48(44)55-52(43)45)41-28-21-36(22-29-41)39-18-17-38-25-32-50-51(47(38)33-39)46-12-5-7-16-49(46)54-50/h2,4-33H,1,3H2. The largest absolute Gasteiger partial charge is 0.311 e. The van der Waals surface area contributed by atoms with Crippen LogP contribution in [0.2, 0.25) is 0 Å². The summed E-state index contributed by atoms with van der Waals surface area (Å²) in [5.74, 6) is 0. The molecule has 0 N–H and O–H groups in total. The number of thiophene rings is 2. The molecule has 0 saturated carbocycles. The van der Waals surface area contributed by atoms with Gasteiger partial charge in [-0.25, -0.2) is 0 Å². The van der Waals surface area contributed by atoms with Crippen molar-refractivity contribution >= 4 is 96.4 Å². The molecule has 0 atom stereocenters. The van der Waals surface area contributed by atoms with Gasteiger partial charge < -0.3 is 4.90 Å². The molecule has 10 aromatic rings. The Kier molecular flexibility index (Phi) is 7.75. The van der Waals surface area contributed by atoms with Gasteiger partial charge in [0.25, 0.3) is 0 Å². The van der Waals surface area contributed by atoms with E-state index in [9.17, 15) is 0 Å². The third-order valence-electron chi connectivity index (χ3n) is 11.1. The van der Waals surface area contributed by atoms with Gasteiger partial charge in [0, 0.05) is 57.4 Å². The van der Waals surface area contributed by atoms with E-state index in [1.54, 1.807) is 0 Å². The van der Waals surface area contributed by atoms with Crippen molar-refractivity contribution in [1.29, 1.82) is 0 Å². The number of nitrogens with zero attached hydrogens (tertiary/aromatic N) is 1. The maximum atomic E-state index is 2.38. The first kappa shape index (κ1) is 32.2. The lowest BCUT2D eigenvalue weighted by Crippen LogP contribution is -2.10. The van der Waals surface area contributed by atoms with E-state index in [-0.39, 0.29) is 0 Å². The maximum Gasteiger partial charge on any atom is 0.0462 e. The SMILES string of the molecule is C1=CC(c2ccc(N(c3ccc(-c4ccc5ccc6sc7ccccc7c6c5c4)cc3)c3ccc(-c4cccc5c4sc4ccccc45)cc3)cc2)=CCC1. The third-order valence-corrected chi connectivity index (χ3v) is 13.5. The van der Waals surface area contributed by atoms with E-state index < -0.39 is 0 Å². The Morgan fingerprint density at radius 3 is 1.76 bits per heavy atom. The monoisotopic (exact) mass is 737 g/mol. The highest BCUT2D eigenvalue weighted by Crippen LogP contribution is 2.43. The zero-order valence-corrected chi connectivity index (χ0v) is 31.7. The molecular formula is C52H35NS2. The van der Waals surface area contributed by atoms with Gasteiger partial charge in [-0.2, -0.15) is 0 Å². The number of benzene rings is 8. The fourth-order valence-corrected chi connectivity index (χ4v) is 10.7. The van der Waals surface area contributed by atoms with Crippen LogP contribution in [0.1, 0.15) is 18.4 Å². The molecule has 11 rings (SSSR count). The molecule has 0 saturated heterocycles. The van der Waals surface area contributed by atoms with Crippen molar-refractivity contribution in [3.8, 4) is 22.3 Å². The normalized spacial score (nSPS) is 13.0. The van der Waals surface area contributed by atoms with Crippen LogP contribution < -0.4 is 4.90 Å². The highest BCUT2D eigenvalue weighted by molar-refractivity contribution is 7.26. The predicted octanol–water partition coefficient (Wildman–Crippen LogP) is 16.1. The average Bonchev–Trinajstić information content (AvgIpc) is 3.84. The van der Waals surface area contributed by atoms with Crippen LogP contribution in [0.4, 0.5) is 17.1 Å². The van der Waals surface area contributed by atoms with Crippen LogP contribution in [0.15, 0.2) is 188 Å². The molecule has 8 aromatic carbocycles. The van der Waals surface area contributed by atoms with E-state index in [1.165, 1.54) is 84.5 Å². The van der Waals surface area contributed by atoms with E-state index in [0.29, 0.717) is 0 Å². The summed E-state index contributed by atoms with van der Waals surface area (Å²) in [6, 6.07) is 62.9. The minimum absolute atomic E-state index is 1.10. The Balaban J connectivity index is 0.986. The van der Waals surface area contributed by atoms with Gasteiger partial charge in [-0.3, -0.25) is 0 Å². The van der Waals surface area contributed by atoms with Gasteiger partial charge in [-0.05, 0) is 118 Å². The molecule has 0 unspecified atom stereocenters. The lowest BCUT2D eigenvalue weighted by atomic mass is 9.97. The summed E-state index contributed by atoms with van der Waals surface area (Å²) in [6.45, 7) is 0. The van der Waals surface area contributed by atoms with Crippen LogP contribution in [0.3, 0.4) is 0 Å². The number of anilines is 3. The van der Waals surface area contributed by atoms with Gasteiger partial charge in [0.05, 0.1) is 0 Å². The molecule has 1 aliphatic carbocycles. The summed E-state index contributed by atoms with van der Waals surface area (Å²) in [4.78, 5) is 2.38. The Morgan fingerprint density at radius 2 is 1.04 bits per heavy atom. The summed E-state index contributed by atoms with van der Waals surface area (Å²) in [5, 5.41) is 7.94. The summed E-state index contributed by atoms with van der Waals surface area (Å²) in [5.41, 5.74) is 10.9. The molecule has 1 aliphatic rings. The molecule has 0 fully saturated rings. The van der Waals surface area contributed by atoms with Gasteiger partial charge in [0.2, 0.25) is 0 Å². The van der Waals surface area contributed by atoms with E-state index in [4.69, 9.17) is 0 Å². The van der Waals surface area contributed by atoms with Crippen LogP contribution in [0, 0.1) is 0 Å². The number of rotatable bonds is 6. The lowest BCUT2D eigenvalue weighted by molar-refractivity contribution is 1.04. The first-order valence-corrected chi connectivity index (χ1v) is 20.6. The van der Waals surface area contributed by atoms with Crippen LogP contribution in [0.5, 0.6) is 0 Å². The van der Waals surface area contributed by atoms with Crippen LogP contribution in [-0.2, 0) is 0 Å². The van der Waals surface area contributed by atoms with Crippen molar-refractivity contribution < 1.29 is 0 Å². The third kappa shape index (κ3) is 5.58. The van der Waals surface area contributed by atoms with Crippen LogP contribution in [0.25, 0.3) is 78.9 Å². The Morgan fingerprint density at radius 1 is 0.418 bits per heavy atom. The molecule has 3 heteroatoms. The Bertz CT molecular complexity index is 3120. The second kappa shape index (κ2) is 13.2. The van der Waals surface area contributed by atoms with E-state index >= 15 is 0 Å². The van der Waals surface area contributed by atoms with Crippen LogP contribution in [-0.4, -0.2) is 0 Å². The fourth-order valence-electron chi connectivity index (χ4n) is 8.37. The molecule has 260 valence electrons. The fraction of sp³-hybridized carbons (Fsp3) is 0.0385. The van der Waals surface area contributed by atoms with E-state index in [2.05, 4.69) is 193 Å². The molecule has 2 aromatic heterocycles. The molecule has 0 radical (unpaired) electrons. The highest BCUT2D eigenvalue weighted by Gasteiger charge is 2.16. The number of fused-ring (bicyclic) bond motifs is 8. The predicted molar refractivity (Wildman–Crippen MR) is 242 cm³/mol. The van der Waals surface area contributed by atoms with Crippen molar-refractivity contribution in [2.45, 2.75) is 12.8 Å². The smallest absolute Gasteiger partial charge is 0.0462 e. The summed E-state index contributed by atoms with van der Waals surface area (Å²) >= 11 is 3.76. The number of hydrogen-bond acceptors (Lipinski definition) is 3. The van der Waals surface area contributed by atoms with Gasteiger partial charge in [0.15, 0.2) is 0 Å². The molecule has 0 bridgehead atoms. The molecule has 1 nitrogen and oxygen atoms in total. The molecule has 2 heterocycles. The quantitative estimate of drug-likeness (QED) is 0.164. The van der Waals surface area contributed by atoms with Crippen molar-refractivity contribution in [1.82, 2.24) is 0 Å². The second-order valence-electron chi connectivity index (χ2n) is 14.4. The molecule has 0 spiro atoms. The first-order valence-electron chi connectivity index (χ1n) is 19.0. The zero-order chi connectivity index (χ0) is 36.3. The van der Waals surface area contributed by atoms with Gasteiger partial charge in [-0.15, -0.1) is 22.7 Å². The van der Waals surface area contributed by atoms with E-state index in [1.807, 2.05) is 22.7 Å². The Labute approximate surface area is 328 Å². The summed E-state index contributed by atoms with van der Waals surface area (Å²) in [7, 11) is 0. The minimum atomic E-state index is 1.10. The average molecular weight is 738 g/mol. The van der Waals surface area contributed by atoms with Crippen molar-refractivity contribution in [3.63, 3.8) is 0 Å². The lowest BCUT2D eigenvalue weighted by Gasteiger charge is -2.26. The summed E-state index contributed by atoms with van der Waals surface area (Å²) < 4.78 is 5.35. The first-order chi connectivity index (χ1) is 27.2. The van der Waals surface area contributed by atoms with Gasteiger partial charge in [-0.1, -0.05) is 127 Å². The maximum absolute atomic E-state index is 2.38. The van der Waals surface area contributed by atoms with Gasteiger partial charge >= 0.3 is 0 Å². The van der Waals surface area contributed by atoms with E-state index in [0.717, 1.165) is 29.9 Å². The van der Waals surface area contributed by atoms with Crippen LogP contribution >= 0.6 is 22.7 Å². The highest BCUT2D eigenvalue weighted by atomic mass is 32.1. The zero-order valence-electron chi connectivity index (χ0n) is 30.1. The number of hydrogen-bond donors (Lipinski definition) is 0. The number of allylic oxidation sites excluding steroid dienone is 4. The molecule has 0 aliphatic heterocycles. The van der Waals surface area contributed by atoms with Crippen molar-refractivity contribution in [3.05, 3.63) is 194 Å². The van der Waals surface area contributed by atoms with Crippen molar-refractivity contribution in [2.75, 3.05) is 4.90 Å². The summed E-state index contributed by atoms with van der Waals surface area (Å²) in [6.07, 6.45) is 9.09. The minimum Gasteiger partial charge on any atom is -0.311 e. The molecule has 0 amide bonds.